The molecule has 0 radical (unpaired) electrons. The fourth-order valence-corrected chi connectivity index (χ4v) is 5.02. The highest BCUT2D eigenvalue weighted by atomic mass is 32.2. The zero-order valence-electron chi connectivity index (χ0n) is 19.1. The molecule has 172 valence electrons. The van der Waals surface area contributed by atoms with Crippen molar-refractivity contribution < 1.29 is 19.0 Å². The molecule has 0 fully saturated rings. The first-order valence-corrected chi connectivity index (χ1v) is 11.8. The lowest BCUT2D eigenvalue weighted by atomic mass is 10.0. The number of thioether (sulfide) groups is 1. The SMILES string of the molecule is CCCCSc1n[n+]2c(c(=O)[nH]1)-c1ccccc1N(C(C)=O)[C@@H]2c1cccc(OC)c1OC. The number of carbonyl (C=O) groups excluding carboxylic acids is 1. The van der Waals surface area contributed by atoms with Crippen molar-refractivity contribution in [1.29, 1.82) is 0 Å². The number of aromatic nitrogens is 3. The third kappa shape index (κ3) is 4.08. The number of para-hydroxylation sites is 2. The van der Waals surface area contributed by atoms with Crippen LogP contribution in [0.2, 0.25) is 0 Å². The van der Waals surface area contributed by atoms with E-state index in [0.717, 1.165) is 18.6 Å². The van der Waals surface area contributed by atoms with E-state index in [4.69, 9.17) is 14.6 Å². The van der Waals surface area contributed by atoms with E-state index >= 15 is 0 Å². The van der Waals surface area contributed by atoms with Crippen molar-refractivity contribution in [2.45, 2.75) is 38.0 Å². The van der Waals surface area contributed by atoms with E-state index in [0.29, 0.717) is 39.2 Å². The van der Waals surface area contributed by atoms with Crippen LogP contribution < -0.4 is 24.6 Å². The van der Waals surface area contributed by atoms with E-state index in [1.54, 1.807) is 29.9 Å². The summed E-state index contributed by atoms with van der Waals surface area (Å²) in [7, 11) is 3.12. The van der Waals surface area contributed by atoms with Gasteiger partial charge in [-0.1, -0.05) is 43.3 Å². The van der Waals surface area contributed by atoms with E-state index < -0.39 is 6.17 Å². The van der Waals surface area contributed by atoms with E-state index in [1.165, 1.54) is 18.7 Å². The van der Waals surface area contributed by atoms with Gasteiger partial charge in [0.2, 0.25) is 11.1 Å². The molecule has 1 aliphatic rings. The topological polar surface area (TPSA) is 88.4 Å². The van der Waals surface area contributed by atoms with Gasteiger partial charge in [0, 0.05) is 17.8 Å². The van der Waals surface area contributed by atoms with Gasteiger partial charge in [-0.2, -0.15) is 0 Å². The molecule has 0 spiro atoms. The Morgan fingerprint density at radius 2 is 1.97 bits per heavy atom. The van der Waals surface area contributed by atoms with Gasteiger partial charge in [0.15, 0.2) is 11.5 Å². The Hall–Kier alpha value is -3.33. The molecule has 0 saturated heterocycles. The molecule has 1 amide bonds. The second kappa shape index (κ2) is 9.66. The van der Waals surface area contributed by atoms with Gasteiger partial charge in [0.1, 0.15) is 0 Å². The molecule has 9 heteroatoms. The van der Waals surface area contributed by atoms with Gasteiger partial charge < -0.3 is 9.47 Å². The van der Waals surface area contributed by atoms with Gasteiger partial charge >= 0.3 is 11.3 Å². The van der Waals surface area contributed by atoms with Crippen LogP contribution in [0.25, 0.3) is 11.3 Å². The molecule has 2 heterocycles. The Balaban J connectivity index is 2.02. The highest BCUT2D eigenvalue weighted by molar-refractivity contribution is 7.99. The normalized spacial score (nSPS) is 14.4. The number of anilines is 1. The van der Waals surface area contributed by atoms with Crippen LogP contribution >= 0.6 is 11.8 Å². The minimum absolute atomic E-state index is 0.183. The number of unbranched alkanes of at least 4 members (excludes halogenated alkanes) is 1. The summed E-state index contributed by atoms with van der Waals surface area (Å²) in [5, 5.41) is 5.31. The second-order valence-corrected chi connectivity index (χ2v) is 8.70. The molecular formula is C24H27N4O4S+. The smallest absolute Gasteiger partial charge is 0.325 e. The minimum atomic E-state index is -0.731. The standard InChI is InChI=1S/C24H26N4O4S/c1-5-6-14-33-24-25-22(30)20-16-10-7-8-12-18(16)27(15(2)29)23(28(20)26-24)17-11-9-13-19(31-3)21(17)32-4/h7-13,23H,5-6,14H2,1-4H3/p+1/t23-/m0/s1. The molecule has 3 aromatic rings. The summed E-state index contributed by atoms with van der Waals surface area (Å²) in [6.45, 7) is 3.62. The Bertz CT molecular complexity index is 1240. The summed E-state index contributed by atoms with van der Waals surface area (Å²) in [5.74, 6) is 1.66. The van der Waals surface area contributed by atoms with Crippen LogP contribution in [0.5, 0.6) is 11.5 Å². The predicted molar refractivity (Wildman–Crippen MR) is 127 cm³/mol. The number of carbonyl (C=O) groups is 1. The van der Waals surface area contributed by atoms with Gasteiger partial charge in [-0.15, -0.1) is 0 Å². The summed E-state index contributed by atoms with van der Waals surface area (Å²) >= 11 is 1.49. The maximum Gasteiger partial charge on any atom is 0.325 e. The molecule has 8 nitrogen and oxygen atoms in total. The van der Waals surface area contributed by atoms with Crippen LogP contribution in [0, 0.1) is 0 Å². The van der Waals surface area contributed by atoms with E-state index in [9.17, 15) is 9.59 Å². The quantitative estimate of drug-likeness (QED) is 0.325. The maximum atomic E-state index is 13.3. The summed E-state index contributed by atoms with van der Waals surface area (Å²) in [4.78, 5) is 30.9. The summed E-state index contributed by atoms with van der Waals surface area (Å²) in [6.07, 6.45) is 1.32. The van der Waals surface area contributed by atoms with Crippen molar-refractivity contribution in [3.63, 3.8) is 0 Å². The summed E-state index contributed by atoms with van der Waals surface area (Å²) in [6, 6.07) is 12.8. The van der Waals surface area contributed by atoms with Crippen molar-refractivity contribution >= 4 is 23.4 Å². The first kappa shape index (κ1) is 22.8. The third-order valence-corrected chi connectivity index (χ3v) is 6.50. The molecule has 1 atom stereocenters. The van der Waals surface area contributed by atoms with Gasteiger partial charge in [-0.3, -0.25) is 14.6 Å². The molecule has 2 aromatic carbocycles. The number of rotatable bonds is 7. The lowest BCUT2D eigenvalue weighted by Gasteiger charge is -2.32. The van der Waals surface area contributed by atoms with Crippen LogP contribution in [0.4, 0.5) is 5.69 Å². The highest BCUT2D eigenvalue weighted by Gasteiger charge is 2.46. The number of ether oxygens (including phenoxy) is 2. The number of amides is 1. The first-order valence-electron chi connectivity index (χ1n) is 10.8. The van der Waals surface area contributed by atoms with Crippen LogP contribution in [-0.2, 0) is 4.79 Å². The average Bonchev–Trinajstić information content (AvgIpc) is 2.82. The maximum absolute atomic E-state index is 13.3. The lowest BCUT2D eigenvalue weighted by molar-refractivity contribution is -0.763. The zero-order valence-corrected chi connectivity index (χ0v) is 19.9. The third-order valence-electron chi connectivity index (χ3n) is 5.55. The Morgan fingerprint density at radius 1 is 1.18 bits per heavy atom. The Kier molecular flexibility index (Phi) is 6.69. The van der Waals surface area contributed by atoms with E-state index in [1.807, 2.05) is 36.4 Å². The van der Waals surface area contributed by atoms with Crippen molar-refractivity contribution in [3.05, 3.63) is 58.4 Å². The van der Waals surface area contributed by atoms with Crippen LogP contribution in [0.15, 0.2) is 52.4 Å². The fraction of sp³-hybridized carbons (Fsp3) is 0.333. The van der Waals surface area contributed by atoms with E-state index in [-0.39, 0.29) is 11.5 Å². The number of nitrogens with one attached hydrogen (secondary N) is 1. The largest absolute Gasteiger partial charge is 0.493 e. The fourth-order valence-electron chi connectivity index (χ4n) is 4.09. The first-order chi connectivity index (χ1) is 16.0. The van der Waals surface area contributed by atoms with Gasteiger partial charge in [0.05, 0.1) is 31.0 Å². The second-order valence-electron chi connectivity index (χ2n) is 7.62. The summed E-state index contributed by atoms with van der Waals surface area (Å²) < 4.78 is 12.8. The molecular weight excluding hydrogens is 440 g/mol. The zero-order chi connectivity index (χ0) is 23.5. The van der Waals surface area contributed by atoms with Crippen LogP contribution in [-0.4, -0.2) is 36.0 Å². The van der Waals surface area contributed by atoms with Crippen molar-refractivity contribution in [2.24, 2.45) is 0 Å². The van der Waals surface area contributed by atoms with Crippen molar-refractivity contribution in [3.8, 4) is 22.8 Å². The number of nitrogens with zero attached hydrogens (tertiary/aromatic N) is 3. The molecule has 1 aromatic heterocycles. The minimum Gasteiger partial charge on any atom is -0.493 e. The molecule has 33 heavy (non-hydrogen) atoms. The molecule has 0 unspecified atom stereocenters. The van der Waals surface area contributed by atoms with E-state index in [2.05, 4.69) is 11.9 Å². The van der Waals surface area contributed by atoms with Gasteiger partial charge in [0.25, 0.3) is 6.17 Å². The number of benzene rings is 2. The molecule has 0 aliphatic carbocycles. The lowest BCUT2D eigenvalue weighted by Crippen LogP contribution is -2.60. The molecule has 1 N–H and O–H groups in total. The molecule has 4 rings (SSSR count). The number of methoxy groups -OCH3 is 2. The molecule has 0 saturated carbocycles. The Morgan fingerprint density at radius 3 is 2.67 bits per heavy atom. The van der Waals surface area contributed by atoms with Crippen LogP contribution in [0.3, 0.4) is 0 Å². The average molecular weight is 468 g/mol. The van der Waals surface area contributed by atoms with Crippen molar-refractivity contribution in [1.82, 2.24) is 10.1 Å². The highest BCUT2D eigenvalue weighted by Crippen LogP contribution is 2.42. The number of aromatic amines is 1. The van der Waals surface area contributed by atoms with Gasteiger partial charge in [-0.05, 0) is 35.4 Å². The van der Waals surface area contributed by atoms with Crippen molar-refractivity contribution in [2.75, 3.05) is 24.9 Å². The monoisotopic (exact) mass is 467 g/mol. The molecule has 0 bridgehead atoms. The van der Waals surface area contributed by atoms with Crippen LogP contribution in [0.1, 0.15) is 38.4 Å². The number of hydrogen-bond acceptors (Lipinski definition) is 6. The number of hydrogen-bond donors (Lipinski definition) is 1. The number of H-pyrrole nitrogens is 1. The predicted octanol–water partition coefficient (Wildman–Crippen LogP) is 3.55. The Labute approximate surface area is 196 Å². The van der Waals surface area contributed by atoms with Gasteiger partial charge in [-0.25, -0.2) is 4.90 Å². The summed E-state index contributed by atoms with van der Waals surface area (Å²) in [5.41, 5.74) is 2.07. The number of fused-ring (bicyclic) bond motifs is 3. The molecule has 1 aliphatic heterocycles.